The fourth-order valence-electron chi connectivity index (χ4n) is 2.49. The van der Waals surface area contributed by atoms with E-state index >= 15 is 0 Å². The summed E-state index contributed by atoms with van der Waals surface area (Å²) in [5, 5.41) is 9.29. The van der Waals surface area contributed by atoms with Gasteiger partial charge in [0.2, 0.25) is 10.0 Å². The second kappa shape index (κ2) is 6.24. The van der Waals surface area contributed by atoms with Crippen LogP contribution in [0.4, 0.5) is 0 Å². The number of sulfonamides is 1. The maximum absolute atomic E-state index is 12.7. The van der Waals surface area contributed by atoms with Gasteiger partial charge < -0.3 is 5.11 Å². The highest BCUT2D eigenvalue weighted by atomic mass is 32.2. The number of aliphatic hydroxyl groups excluding tert-OH is 1. The summed E-state index contributed by atoms with van der Waals surface area (Å²) in [6, 6.07) is 4.98. The van der Waals surface area contributed by atoms with E-state index in [4.69, 9.17) is 0 Å². The summed E-state index contributed by atoms with van der Waals surface area (Å²) in [5.74, 6) is 0.507. The van der Waals surface area contributed by atoms with Crippen LogP contribution >= 0.6 is 0 Å². The molecule has 0 radical (unpaired) electrons. The molecule has 0 spiro atoms. The van der Waals surface area contributed by atoms with Crippen LogP contribution in [0.3, 0.4) is 0 Å². The van der Waals surface area contributed by atoms with Crippen molar-refractivity contribution in [1.29, 1.82) is 0 Å². The standard InChI is InChI=1S/C15H23NO3S/c1-3-16(10-13-5-4-6-13)20(18,19)15-8-7-12(2)14(9-15)11-17/h7-9,13,17H,3-6,10-11H2,1-2H3. The lowest BCUT2D eigenvalue weighted by molar-refractivity contribution is 0.250. The number of hydrogen-bond donors (Lipinski definition) is 1. The molecule has 5 heteroatoms. The maximum Gasteiger partial charge on any atom is 0.243 e. The summed E-state index contributed by atoms with van der Waals surface area (Å²) in [4.78, 5) is 0.285. The predicted molar refractivity (Wildman–Crippen MR) is 78.9 cm³/mol. The molecule has 1 N–H and O–H groups in total. The van der Waals surface area contributed by atoms with Gasteiger partial charge in [0.15, 0.2) is 0 Å². The second-order valence-electron chi connectivity index (χ2n) is 5.50. The molecule has 0 amide bonds. The Morgan fingerprint density at radius 2 is 2.05 bits per heavy atom. The third-order valence-electron chi connectivity index (χ3n) is 4.17. The Labute approximate surface area is 121 Å². The highest BCUT2D eigenvalue weighted by molar-refractivity contribution is 7.89. The average molecular weight is 297 g/mol. The summed E-state index contributed by atoms with van der Waals surface area (Å²) in [7, 11) is -3.45. The Bertz CT molecular complexity index is 564. The summed E-state index contributed by atoms with van der Waals surface area (Å²) in [6.07, 6.45) is 3.46. The lowest BCUT2D eigenvalue weighted by atomic mass is 9.85. The number of hydrogen-bond acceptors (Lipinski definition) is 3. The largest absolute Gasteiger partial charge is 0.392 e. The van der Waals surface area contributed by atoms with E-state index in [-0.39, 0.29) is 11.5 Å². The molecule has 20 heavy (non-hydrogen) atoms. The maximum atomic E-state index is 12.7. The van der Waals surface area contributed by atoms with Crippen molar-refractivity contribution in [3.05, 3.63) is 29.3 Å². The first kappa shape index (κ1) is 15.5. The van der Waals surface area contributed by atoms with Crippen molar-refractivity contribution in [3.8, 4) is 0 Å². The van der Waals surface area contributed by atoms with Crippen LogP contribution in [0.15, 0.2) is 23.1 Å². The molecule has 1 aliphatic rings. The van der Waals surface area contributed by atoms with Crippen LogP contribution in [0.2, 0.25) is 0 Å². The van der Waals surface area contributed by atoms with Crippen molar-refractivity contribution < 1.29 is 13.5 Å². The van der Waals surface area contributed by atoms with E-state index < -0.39 is 10.0 Å². The number of aryl methyl sites for hydroxylation is 1. The fourth-order valence-corrected chi connectivity index (χ4v) is 4.06. The van der Waals surface area contributed by atoms with Gasteiger partial charge in [-0.1, -0.05) is 19.4 Å². The van der Waals surface area contributed by atoms with Gasteiger partial charge in [0.05, 0.1) is 11.5 Å². The van der Waals surface area contributed by atoms with Gasteiger partial charge in [-0.15, -0.1) is 0 Å². The van der Waals surface area contributed by atoms with Crippen LogP contribution in [0, 0.1) is 12.8 Å². The van der Waals surface area contributed by atoms with Crippen LogP contribution in [0.25, 0.3) is 0 Å². The van der Waals surface area contributed by atoms with Gasteiger partial charge in [0.1, 0.15) is 0 Å². The molecular formula is C15H23NO3S. The second-order valence-corrected chi connectivity index (χ2v) is 7.44. The minimum absolute atomic E-state index is 0.135. The van der Waals surface area contributed by atoms with Crippen molar-refractivity contribution in [2.45, 2.75) is 44.6 Å². The highest BCUT2D eigenvalue weighted by Crippen LogP contribution is 2.29. The van der Waals surface area contributed by atoms with E-state index in [0.29, 0.717) is 24.6 Å². The minimum Gasteiger partial charge on any atom is -0.392 e. The van der Waals surface area contributed by atoms with Gasteiger partial charge in [-0.2, -0.15) is 4.31 Å². The molecule has 0 saturated heterocycles. The Kier molecular flexibility index (Phi) is 4.83. The number of benzene rings is 1. The smallest absolute Gasteiger partial charge is 0.243 e. The zero-order valence-electron chi connectivity index (χ0n) is 12.2. The van der Waals surface area contributed by atoms with Crippen LogP contribution in [-0.4, -0.2) is 30.9 Å². The monoisotopic (exact) mass is 297 g/mol. The molecule has 0 unspecified atom stereocenters. The Balaban J connectivity index is 2.27. The van der Waals surface area contributed by atoms with E-state index in [9.17, 15) is 13.5 Å². The molecule has 2 rings (SSSR count). The number of aliphatic hydroxyl groups is 1. The van der Waals surface area contributed by atoms with Crippen LogP contribution in [0.5, 0.6) is 0 Å². The molecule has 0 atom stereocenters. The van der Waals surface area contributed by atoms with Crippen molar-refractivity contribution in [2.75, 3.05) is 13.1 Å². The molecule has 0 bridgehead atoms. The molecular weight excluding hydrogens is 274 g/mol. The van der Waals surface area contributed by atoms with Gasteiger partial charge in [-0.3, -0.25) is 0 Å². The Morgan fingerprint density at radius 3 is 2.55 bits per heavy atom. The van der Waals surface area contributed by atoms with Crippen molar-refractivity contribution in [2.24, 2.45) is 5.92 Å². The van der Waals surface area contributed by atoms with Crippen molar-refractivity contribution in [3.63, 3.8) is 0 Å². The zero-order valence-corrected chi connectivity index (χ0v) is 13.0. The first-order chi connectivity index (χ1) is 9.48. The third kappa shape index (κ3) is 3.05. The normalized spacial score (nSPS) is 16.4. The lowest BCUT2D eigenvalue weighted by Gasteiger charge is -2.31. The number of nitrogens with zero attached hydrogens (tertiary/aromatic N) is 1. The molecule has 1 fully saturated rings. The fraction of sp³-hybridized carbons (Fsp3) is 0.600. The first-order valence-corrected chi connectivity index (χ1v) is 8.63. The molecule has 1 saturated carbocycles. The molecule has 1 aromatic carbocycles. The summed E-state index contributed by atoms with van der Waals surface area (Å²) in [5.41, 5.74) is 1.58. The molecule has 1 aliphatic carbocycles. The van der Waals surface area contributed by atoms with E-state index in [1.165, 1.54) is 6.42 Å². The molecule has 0 aromatic heterocycles. The van der Waals surface area contributed by atoms with Gasteiger partial charge in [-0.25, -0.2) is 8.42 Å². The molecule has 1 aromatic rings. The lowest BCUT2D eigenvalue weighted by Crippen LogP contribution is -2.37. The summed E-state index contributed by atoms with van der Waals surface area (Å²) >= 11 is 0. The van der Waals surface area contributed by atoms with Crippen LogP contribution in [0.1, 0.15) is 37.3 Å². The van der Waals surface area contributed by atoms with Crippen LogP contribution in [-0.2, 0) is 16.6 Å². The topological polar surface area (TPSA) is 57.6 Å². The van der Waals surface area contributed by atoms with E-state index in [0.717, 1.165) is 18.4 Å². The Morgan fingerprint density at radius 1 is 1.35 bits per heavy atom. The summed E-state index contributed by atoms with van der Waals surface area (Å²) < 4.78 is 26.9. The highest BCUT2D eigenvalue weighted by Gasteiger charge is 2.28. The van der Waals surface area contributed by atoms with Gasteiger partial charge in [0, 0.05) is 13.1 Å². The summed E-state index contributed by atoms with van der Waals surface area (Å²) in [6.45, 7) is 4.71. The minimum atomic E-state index is -3.45. The third-order valence-corrected chi connectivity index (χ3v) is 6.10. The van der Waals surface area contributed by atoms with Gasteiger partial charge in [-0.05, 0) is 48.9 Å². The Hall–Kier alpha value is -0.910. The van der Waals surface area contributed by atoms with E-state index in [1.54, 1.807) is 22.5 Å². The average Bonchev–Trinajstić information content (AvgIpc) is 2.37. The van der Waals surface area contributed by atoms with Crippen molar-refractivity contribution in [1.82, 2.24) is 4.31 Å². The zero-order chi connectivity index (χ0) is 14.8. The van der Waals surface area contributed by atoms with E-state index in [2.05, 4.69) is 0 Å². The first-order valence-electron chi connectivity index (χ1n) is 7.19. The molecule has 0 heterocycles. The quantitative estimate of drug-likeness (QED) is 0.876. The van der Waals surface area contributed by atoms with Crippen molar-refractivity contribution >= 4 is 10.0 Å². The SMILES string of the molecule is CCN(CC1CCC1)S(=O)(=O)c1ccc(C)c(CO)c1. The number of rotatable bonds is 6. The predicted octanol–water partition coefficient (Wildman–Crippen LogP) is 2.30. The van der Waals surface area contributed by atoms with Gasteiger partial charge in [0.25, 0.3) is 0 Å². The van der Waals surface area contributed by atoms with Crippen LogP contribution < -0.4 is 0 Å². The molecule has 112 valence electrons. The molecule has 4 nitrogen and oxygen atoms in total. The van der Waals surface area contributed by atoms with Gasteiger partial charge >= 0.3 is 0 Å². The molecule has 0 aliphatic heterocycles. The van der Waals surface area contributed by atoms with E-state index in [1.807, 2.05) is 13.8 Å².